The maximum Gasteiger partial charge on any atom is 0.266 e. The fraction of sp³-hybridized carbons (Fsp3) is 0. The number of benzene rings is 2. The average molecular weight is 363 g/mol. The Kier molecular flexibility index (Phi) is 3.96. The van der Waals surface area contributed by atoms with Gasteiger partial charge < -0.3 is 5.73 Å². The molecule has 0 unspecified atom stereocenters. The SMILES string of the molecule is Nc1ccccc1NS(=O)(=O)c1c(F)cc(F)cc1Br. The zero-order chi connectivity index (χ0) is 14.9. The van der Waals surface area contributed by atoms with Gasteiger partial charge in [-0.1, -0.05) is 12.1 Å². The Balaban J connectivity index is 2.50. The highest BCUT2D eigenvalue weighted by molar-refractivity contribution is 9.10. The standard InChI is InChI=1S/C12H9BrF2N2O2S/c13-8-5-7(14)6-9(15)12(8)20(18,19)17-11-4-2-1-3-10(11)16/h1-6,17H,16H2. The number of anilines is 2. The van der Waals surface area contributed by atoms with Crippen molar-refractivity contribution in [3.8, 4) is 0 Å². The van der Waals surface area contributed by atoms with Crippen molar-refractivity contribution in [3.63, 3.8) is 0 Å². The average Bonchev–Trinajstić information content (AvgIpc) is 2.30. The Morgan fingerprint density at radius 3 is 2.40 bits per heavy atom. The number of halogens is 3. The largest absolute Gasteiger partial charge is 0.397 e. The summed E-state index contributed by atoms with van der Waals surface area (Å²) in [7, 11) is -4.23. The second-order valence-electron chi connectivity index (χ2n) is 3.89. The van der Waals surface area contributed by atoms with Crippen LogP contribution in [0.3, 0.4) is 0 Å². The molecular formula is C12H9BrF2N2O2S. The number of hydrogen-bond acceptors (Lipinski definition) is 3. The van der Waals surface area contributed by atoms with E-state index in [0.29, 0.717) is 6.07 Å². The topological polar surface area (TPSA) is 72.2 Å². The highest BCUT2D eigenvalue weighted by Gasteiger charge is 2.24. The third-order valence-electron chi connectivity index (χ3n) is 2.44. The molecule has 0 heterocycles. The normalized spacial score (nSPS) is 11.3. The second kappa shape index (κ2) is 5.37. The minimum Gasteiger partial charge on any atom is -0.397 e. The van der Waals surface area contributed by atoms with Gasteiger partial charge in [0.1, 0.15) is 16.5 Å². The second-order valence-corrected chi connectivity index (χ2v) is 6.36. The van der Waals surface area contributed by atoms with Gasteiger partial charge in [0.2, 0.25) is 0 Å². The van der Waals surface area contributed by atoms with Crippen LogP contribution in [-0.4, -0.2) is 8.42 Å². The first kappa shape index (κ1) is 14.7. The first-order chi connectivity index (χ1) is 9.31. The Bertz CT molecular complexity index is 743. The number of nitrogens with one attached hydrogen (secondary N) is 1. The molecule has 0 radical (unpaired) electrons. The molecule has 0 saturated carbocycles. The lowest BCUT2D eigenvalue weighted by Gasteiger charge is -2.12. The molecule has 3 N–H and O–H groups in total. The molecule has 0 bridgehead atoms. The minimum absolute atomic E-state index is 0.114. The maximum absolute atomic E-state index is 13.7. The number of nitrogen functional groups attached to an aromatic ring is 1. The van der Waals surface area contributed by atoms with Crippen molar-refractivity contribution >= 4 is 37.3 Å². The lowest BCUT2D eigenvalue weighted by molar-refractivity contribution is 0.548. The van der Waals surface area contributed by atoms with Crippen LogP contribution >= 0.6 is 15.9 Å². The van der Waals surface area contributed by atoms with E-state index in [0.717, 1.165) is 6.07 Å². The van der Waals surface area contributed by atoms with E-state index >= 15 is 0 Å². The molecule has 0 saturated heterocycles. The van der Waals surface area contributed by atoms with E-state index in [-0.39, 0.29) is 15.8 Å². The molecule has 0 spiro atoms. The van der Waals surface area contributed by atoms with Crippen LogP contribution in [0.5, 0.6) is 0 Å². The van der Waals surface area contributed by atoms with E-state index in [9.17, 15) is 17.2 Å². The predicted octanol–water partition coefficient (Wildman–Crippen LogP) is 3.11. The number of hydrogen-bond donors (Lipinski definition) is 2. The van der Waals surface area contributed by atoms with Crippen LogP contribution in [-0.2, 0) is 10.0 Å². The molecule has 4 nitrogen and oxygen atoms in total. The van der Waals surface area contributed by atoms with Gasteiger partial charge in [0.15, 0.2) is 0 Å². The van der Waals surface area contributed by atoms with Crippen LogP contribution in [0.1, 0.15) is 0 Å². The molecule has 2 aromatic rings. The van der Waals surface area contributed by atoms with Gasteiger partial charge in [-0.25, -0.2) is 17.2 Å². The quantitative estimate of drug-likeness (QED) is 0.824. The molecule has 2 aromatic carbocycles. The zero-order valence-electron chi connectivity index (χ0n) is 9.90. The molecule has 0 fully saturated rings. The summed E-state index contributed by atoms with van der Waals surface area (Å²) in [5.74, 6) is -2.08. The smallest absolute Gasteiger partial charge is 0.266 e. The fourth-order valence-corrected chi connectivity index (χ4v) is 3.83. The van der Waals surface area contributed by atoms with Crippen molar-refractivity contribution < 1.29 is 17.2 Å². The Labute approximate surface area is 122 Å². The molecule has 0 amide bonds. The van der Waals surface area contributed by atoms with Gasteiger partial charge in [-0.05, 0) is 34.1 Å². The van der Waals surface area contributed by atoms with Gasteiger partial charge >= 0.3 is 0 Å². The van der Waals surface area contributed by atoms with Crippen molar-refractivity contribution in [1.82, 2.24) is 0 Å². The summed E-state index contributed by atoms with van der Waals surface area (Å²) in [6, 6.07) is 7.49. The van der Waals surface area contributed by atoms with Gasteiger partial charge in [0, 0.05) is 10.5 Å². The van der Waals surface area contributed by atoms with Crippen LogP contribution in [0.4, 0.5) is 20.2 Å². The summed E-state index contributed by atoms with van der Waals surface area (Å²) in [4.78, 5) is -0.679. The lowest BCUT2D eigenvalue weighted by atomic mass is 10.3. The van der Waals surface area contributed by atoms with Crippen LogP contribution in [0.15, 0.2) is 45.8 Å². The molecule has 106 valence electrons. The molecule has 2 rings (SSSR count). The van der Waals surface area contributed by atoms with Gasteiger partial charge in [-0.15, -0.1) is 0 Å². The van der Waals surface area contributed by atoms with E-state index in [1.54, 1.807) is 12.1 Å². The molecule has 0 aromatic heterocycles. The summed E-state index contributed by atoms with van der Waals surface area (Å²) in [6.45, 7) is 0. The van der Waals surface area contributed by atoms with E-state index in [2.05, 4.69) is 20.7 Å². The third-order valence-corrected chi connectivity index (χ3v) is 4.77. The summed E-state index contributed by atoms with van der Waals surface area (Å²) in [6.07, 6.45) is 0. The highest BCUT2D eigenvalue weighted by atomic mass is 79.9. The van der Waals surface area contributed by atoms with Crippen LogP contribution in [0, 0.1) is 11.6 Å². The van der Waals surface area contributed by atoms with Crippen LogP contribution in [0.25, 0.3) is 0 Å². The number of para-hydroxylation sites is 2. The number of rotatable bonds is 3. The maximum atomic E-state index is 13.7. The van der Waals surface area contributed by atoms with E-state index < -0.39 is 26.6 Å². The molecule has 0 aliphatic carbocycles. The molecule has 8 heteroatoms. The zero-order valence-corrected chi connectivity index (χ0v) is 12.3. The number of sulfonamides is 1. The molecular weight excluding hydrogens is 354 g/mol. The number of nitrogens with two attached hydrogens (primary N) is 1. The predicted molar refractivity (Wildman–Crippen MR) is 75.7 cm³/mol. The van der Waals surface area contributed by atoms with Gasteiger partial charge in [0.05, 0.1) is 11.4 Å². The molecule has 0 aliphatic heterocycles. The van der Waals surface area contributed by atoms with Crippen molar-refractivity contribution in [2.75, 3.05) is 10.5 Å². The van der Waals surface area contributed by atoms with Crippen LogP contribution < -0.4 is 10.5 Å². The summed E-state index contributed by atoms with van der Waals surface area (Å²) >= 11 is 2.84. The van der Waals surface area contributed by atoms with E-state index in [1.165, 1.54) is 12.1 Å². The molecule has 0 atom stereocenters. The highest BCUT2D eigenvalue weighted by Crippen LogP contribution is 2.29. The summed E-state index contributed by atoms with van der Waals surface area (Å²) < 4.78 is 52.9. The minimum atomic E-state index is -4.23. The van der Waals surface area contributed by atoms with E-state index in [1.807, 2.05) is 0 Å². The fourth-order valence-electron chi connectivity index (χ4n) is 1.57. The Morgan fingerprint density at radius 1 is 1.15 bits per heavy atom. The van der Waals surface area contributed by atoms with Gasteiger partial charge in [0.25, 0.3) is 10.0 Å². The van der Waals surface area contributed by atoms with Crippen molar-refractivity contribution in [3.05, 3.63) is 52.5 Å². The summed E-state index contributed by atoms with van der Waals surface area (Å²) in [5.41, 5.74) is 5.92. The van der Waals surface area contributed by atoms with Crippen molar-refractivity contribution in [1.29, 1.82) is 0 Å². The van der Waals surface area contributed by atoms with Crippen LogP contribution in [0.2, 0.25) is 0 Å². The Morgan fingerprint density at radius 2 is 1.80 bits per heavy atom. The molecule has 0 aliphatic rings. The monoisotopic (exact) mass is 362 g/mol. The lowest BCUT2D eigenvalue weighted by Crippen LogP contribution is -2.16. The third kappa shape index (κ3) is 2.91. The van der Waals surface area contributed by atoms with Crippen molar-refractivity contribution in [2.45, 2.75) is 4.90 Å². The van der Waals surface area contributed by atoms with Gasteiger partial charge in [-0.3, -0.25) is 4.72 Å². The summed E-state index contributed by atoms with van der Waals surface area (Å²) in [5, 5.41) is 0. The van der Waals surface area contributed by atoms with E-state index in [4.69, 9.17) is 5.73 Å². The Hall–Kier alpha value is -1.67. The first-order valence-electron chi connectivity index (χ1n) is 5.33. The van der Waals surface area contributed by atoms with Gasteiger partial charge in [-0.2, -0.15) is 0 Å². The first-order valence-corrected chi connectivity index (χ1v) is 7.61. The molecule has 20 heavy (non-hydrogen) atoms. The van der Waals surface area contributed by atoms with Crippen molar-refractivity contribution in [2.24, 2.45) is 0 Å².